The molecule has 0 spiro atoms. The number of H-pyrrole nitrogens is 1. The van der Waals surface area contributed by atoms with Crippen molar-refractivity contribution in [2.75, 3.05) is 0 Å². The predicted octanol–water partition coefficient (Wildman–Crippen LogP) is 4.52. The molecule has 0 aliphatic rings. The molecule has 1 heterocycles. The van der Waals surface area contributed by atoms with E-state index in [1.807, 2.05) is 6.07 Å². The molecule has 3 aromatic rings. The second-order valence-corrected chi connectivity index (χ2v) is 5.91. The van der Waals surface area contributed by atoms with Crippen LogP contribution in [0.5, 0.6) is 0 Å². The zero-order chi connectivity index (χ0) is 15.0. The summed E-state index contributed by atoms with van der Waals surface area (Å²) in [5.74, 6) is -0.491. The Kier molecular flexibility index (Phi) is 3.78. The van der Waals surface area contributed by atoms with Crippen molar-refractivity contribution in [3.63, 3.8) is 0 Å². The summed E-state index contributed by atoms with van der Waals surface area (Å²) in [7, 11) is 0. The molecule has 0 aliphatic heterocycles. The molecule has 0 fully saturated rings. The number of fused-ring (bicyclic) bond motifs is 1. The second-order valence-electron chi connectivity index (χ2n) is 4.59. The quantitative estimate of drug-likeness (QED) is 0.692. The summed E-state index contributed by atoms with van der Waals surface area (Å²) >= 11 is 9.48. The van der Waals surface area contributed by atoms with Gasteiger partial charge in [0.15, 0.2) is 12.1 Å². The van der Waals surface area contributed by atoms with Crippen molar-refractivity contribution in [1.82, 2.24) is 9.97 Å². The monoisotopic (exact) mass is 366 g/mol. The first-order valence-electron chi connectivity index (χ1n) is 6.13. The van der Waals surface area contributed by atoms with E-state index >= 15 is 0 Å². The third-order valence-corrected chi connectivity index (χ3v) is 4.14. The minimum Gasteiger partial charge on any atom is -0.344 e. The third-order valence-electron chi connectivity index (χ3n) is 3.30. The minimum atomic E-state index is -0.491. The molecule has 0 bridgehead atoms. The van der Waals surface area contributed by atoms with E-state index in [1.54, 1.807) is 18.2 Å². The summed E-state index contributed by atoms with van der Waals surface area (Å²) in [5.41, 5.74) is 2.07. The molecular formula is C15H9BrClFN2O. The number of nitrogens with zero attached hydrogens (tertiary/aromatic N) is 1. The van der Waals surface area contributed by atoms with E-state index in [-0.39, 0.29) is 11.9 Å². The van der Waals surface area contributed by atoms with Gasteiger partial charge in [0.1, 0.15) is 5.52 Å². The number of aromatic amines is 1. The summed E-state index contributed by atoms with van der Waals surface area (Å²) in [6, 6.07) is 6.96. The van der Waals surface area contributed by atoms with Crippen molar-refractivity contribution < 1.29 is 9.18 Å². The Bertz CT molecular complexity index is 847. The fourth-order valence-corrected chi connectivity index (χ4v) is 2.98. The average Bonchev–Trinajstić information content (AvgIpc) is 2.92. The van der Waals surface area contributed by atoms with Gasteiger partial charge in [-0.1, -0.05) is 33.6 Å². The van der Waals surface area contributed by atoms with Crippen LogP contribution in [-0.2, 0) is 6.42 Å². The topological polar surface area (TPSA) is 45.8 Å². The maximum Gasteiger partial charge on any atom is 0.155 e. The van der Waals surface area contributed by atoms with Crippen molar-refractivity contribution in [3.05, 3.63) is 62.6 Å². The third kappa shape index (κ3) is 2.59. The molecule has 6 heteroatoms. The van der Waals surface area contributed by atoms with Crippen LogP contribution in [0.2, 0.25) is 5.02 Å². The van der Waals surface area contributed by atoms with E-state index < -0.39 is 5.82 Å². The van der Waals surface area contributed by atoms with E-state index in [2.05, 4.69) is 25.9 Å². The van der Waals surface area contributed by atoms with E-state index in [0.717, 1.165) is 10.0 Å². The van der Waals surface area contributed by atoms with Crippen molar-refractivity contribution in [1.29, 1.82) is 0 Å². The molecule has 2 aromatic carbocycles. The molecule has 0 atom stereocenters. The van der Waals surface area contributed by atoms with Crippen LogP contribution in [0.1, 0.15) is 21.5 Å². The average molecular weight is 368 g/mol. The standard InChI is InChI=1S/C15H9BrClFN2O/c16-10-2-1-8(12(17)5-10)3-11-9(6-21)4-13-15(14(11)18)20-7-19-13/h1-2,4-7H,3H2,(H,19,20). The van der Waals surface area contributed by atoms with Gasteiger partial charge >= 0.3 is 0 Å². The number of aldehydes is 1. The molecule has 3 nitrogen and oxygen atoms in total. The number of hydrogen-bond acceptors (Lipinski definition) is 2. The van der Waals surface area contributed by atoms with Gasteiger partial charge in [0.25, 0.3) is 0 Å². The Balaban J connectivity index is 2.14. The lowest BCUT2D eigenvalue weighted by molar-refractivity contribution is 0.112. The van der Waals surface area contributed by atoms with Gasteiger partial charge < -0.3 is 4.98 Å². The Morgan fingerprint density at radius 3 is 2.90 bits per heavy atom. The van der Waals surface area contributed by atoms with E-state index in [9.17, 15) is 9.18 Å². The molecule has 21 heavy (non-hydrogen) atoms. The zero-order valence-electron chi connectivity index (χ0n) is 10.7. The lowest BCUT2D eigenvalue weighted by Gasteiger charge is -2.09. The number of nitrogens with one attached hydrogen (secondary N) is 1. The number of carbonyl (C=O) groups is 1. The summed E-state index contributed by atoms with van der Waals surface area (Å²) < 4.78 is 15.4. The van der Waals surface area contributed by atoms with Crippen LogP contribution in [0, 0.1) is 5.82 Å². The van der Waals surface area contributed by atoms with Crippen molar-refractivity contribution in [2.24, 2.45) is 0 Å². The lowest BCUT2D eigenvalue weighted by atomic mass is 9.99. The SMILES string of the molecule is O=Cc1cc2[nH]cnc2c(F)c1Cc1ccc(Br)cc1Cl. The molecule has 0 saturated carbocycles. The van der Waals surface area contributed by atoms with Gasteiger partial charge in [-0.05, 0) is 23.8 Å². The first-order valence-corrected chi connectivity index (χ1v) is 7.31. The second kappa shape index (κ2) is 5.58. The Morgan fingerprint density at radius 1 is 1.38 bits per heavy atom. The van der Waals surface area contributed by atoms with Crippen LogP contribution >= 0.6 is 27.5 Å². The van der Waals surface area contributed by atoms with Crippen molar-refractivity contribution in [3.8, 4) is 0 Å². The van der Waals surface area contributed by atoms with Gasteiger partial charge in [-0.3, -0.25) is 4.79 Å². The summed E-state index contributed by atoms with van der Waals surface area (Å²) in [6.07, 6.45) is 2.28. The predicted molar refractivity (Wildman–Crippen MR) is 83.4 cm³/mol. The van der Waals surface area contributed by atoms with Gasteiger partial charge in [0.2, 0.25) is 0 Å². The maximum atomic E-state index is 14.6. The molecule has 0 unspecified atom stereocenters. The van der Waals surface area contributed by atoms with Gasteiger partial charge in [-0.25, -0.2) is 9.37 Å². The van der Waals surface area contributed by atoms with E-state index in [4.69, 9.17) is 11.6 Å². The molecule has 1 N–H and O–H groups in total. The summed E-state index contributed by atoms with van der Waals surface area (Å²) in [6.45, 7) is 0. The van der Waals surface area contributed by atoms with Crippen LogP contribution in [0.3, 0.4) is 0 Å². The number of rotatable bonds is 3. The molecule has 0 amide bonds. The molecular weight excluding hydrogens is 359 g/mol. The van der Waals surface area contributed by atoms with Crippen LogP contribution in [0.4, 0.5) is 4.39 Å². The van der Waals surface area contributed by atoms with E-state index in [0.29, 0.717) is 28.0 Å². The van der Waals surface area contributed by atoms with Crippen LogP contribution in [0.15, 0.2) is 35.1 Å². The zero-order valence-corrected chi connectivity index (χ0v) is 13.0. The highest BCUT2D eigenvalue weighted by atomic mass is 79.9. The van der Waals surface area contributed by atoms with Crippen molar-refractivity contribution in [2.45, 2.75) is 6.42 Å². The molecule has 0 radical (unpaired) electrons. The maximum absolute atomic E-state index is 14.6. The van der Waals surface area contributed by atoms with Crippen molar-refractivity contribution >= 4 is 44.9 Å². The highest BCUT2D eigenvalue weighted by Gasteiger charge is 2.16. The largest absolute Gasteiger partial charge is 0.344 e. The Hall–Kier alpha value is -1.72. The molecule has 3 rings (SSSR count). The minimum absolute atomic E-state index is 0.226. The number of imidazole rings is 1. The number of benzene rings is 2. The number of carbonyl (C=O) groups excluding carboxylic acids is 1. The first-order chi connectivity index (χ1) is 10.1. The Labute approximate surface area is 133 Å². The van der Waals surface area contributed by atoms with Crippen LogP contribution in [-0.4, -0.2) is 16.3 Å². The smallest absolute Gasteiger partial charge is 0.155 e. The summed E-state index contributed by atoms with van der Waals surface area (Å²) in [5, 5.41) is 0.516. The van der Waals surface area contributed by atoms with Crippen LogP contribution in [0.25, 0.3) is 11.0 Å². The summed E-state index contributed by atoms with van der Waals surface area (Å²) in [4.78, 5) is 18.0. The number of hydrogen-bond donors (Lipinski definition) is 1. The lowest BCUT2D eigenvalue weighted by Crippen LogP contribution is -2.01. The van der Waals surface area contributed by atoms with Gasteiger partial charge in [-0.2, -0.15) is 0 Å². The fourth-order valence-electron chi connectivity index (χ4n) is 2.24. The van der Waals surface area contributed by atoms with E-state index in [1.165, 1.54) is 6.33 Å². The highest BCUT2D eigenvalue weighted by molar-refractivity contribution is 9.10. The highest BCUT2D eigenvalue weighted by Crippen LogP contribution is 2.28. The number of aromatic nitrogens is 2. The molecule has 0 saturated heterocycles. The molecule has 106 valence electrons. The fraction of sp³-hybridized carbons (Fsp3) is 0.0667. The molecule has 1 aromatic heterocycles. The normalized spacial score (nSPS) is 11.0. The van der Waals surface area contributed by atoms with Gasteiger partial charge in [-0.15, -0.1) is 0 Å². The molecule has 0 aliphatic carbocycles. The van der Waals surface area contributed by atoms with Crippen LogP contribution < -0.4 is 0 Å². The first kappa shape index (κ1) is 14.2. The van der Waals surface area contributed by atoms with Gasteiger partial charge in [0.05, 0.1) is 11.8 Å². The number of halogens is 3. The Morgan fingerprint density at radius 2 is 2.19 bits per heavy atom. The van der Waals surface area contributed by atoms with Gasteiger partial charge in [0, 0.05) is 27.0 Å².